The third-order valence-electron chi connectivity index (χ3n) is 2.61. The maximum absolute atomic E-state index is 8.98. The summed E-state index contributed by atoms with van der Waals surface area (Å²) in [4.78, 5) is 0. The van der Waals surface area contributed by atoms with Crippen molar-refractivity contribution in [2.45, 2.75) is 13.5 Å². The lowest BCUT2D eigenvalue weighted by molar-refractivity contribution is 0.306. The maximum Gasteiger partial charge on any atom is 0.138 e. The van der Waals surface area contributed by atoms with Gasteiger partial charge in [-0.15, -0.1) is 0 Å². The van der Waals surface area contributed by atoms with Crippen molar-refractivity contribution in [2.75, 3.05) is 0 Å². The van der Waals surface area contributed by atoms with Gasteiger partial charge < -0.3 is 4.74 Å². The topological polar surface area (TPSA) is 33.0 Å². The van der Waals surface area contributed by atoms with E-state index in [1.165, 1.54) is 0 Å². The van der Waals surface area contributed by atoms with Crippen molar-refractivity contribution in [1.29, 1.82) is 5.26 Å². The van der Waals surface area contributed by atoms with Crippen LogP contribution in [0.15, 0.2) is 42.5 Å². The molecule has 0 unspecified atom stereocenters. The Kier molecular flexibility index (Phi) is 3.86. The minimum absolute atomic E-state index is 0.340. The lowest BCUT2D eigenvalue weighted by Crippen LogP contribution is -1.98. The van der Waals surface area contributed by atoms with Crippen LogP contribution >= 0.6 is 11.6 Å². The van der Waals surface area contributed by atoms with Crippen LogP contribution in [0.5, 0.6) is 5.75 Å². The van der Waals surface area contributed by atoms with Crippen LogP contribution in [0.3, 0.4) is 0 Å². The highest BCUT2D eigenvalue weighted by molar-refractivity contribution is 6.32. The molecule has 18 heavy (non-hydrogen) atoms. The first-order valence-corrected chi connectivity index (χ1v) is 5.95. The van der Waals surface area contributed by atoms with Gasteiger partial charge in [0, 0.05) is 5.56 Å². The number of nitriles is 1. The van der Waals surface area contributed by atoms with E-state index in [1.807, 2.05) is 43.3 Å². The van der Waals surface area contributed by atoms with Crippen molar-refractivity contribution >= 4 is 11.6 Å². The fourth-order valence-corrected chi connectivity index (χ4v) is 1.80. The summed E-state index contributed by atoms with van der Waals surface area (Å²) in [7, 11) is 0. The molecule has 0 spiro atoms. The Morgan fingerprint density at radius 1 is 1.22 bits per heavy atom. The molecule has 0 amide bonds. The summed E-state index contributed by atoms with van der Waals surface area (Å²) in [5, 5.41) is 9.56. The summed E-state index contributed by atoms with van der Waals surface area (Å²) in [5.74, 6) is 0.643. The number of ether oxygens (including phenoxy) is 1. The quantitative estimate of drug-likeness (QED) is 0.829. The van der Waals surface area contributed by atoms with Gasteiger partial charge >= 0.3 is 0 Å². The van der Waals surface area contributed by atoms with E-state index in [9.17, 15) is 0 Å². The molecule has 0 aromatic heterocycles. The van der Waals surface area contributed by atoms with E-state index in [2.05, 4.69) is 6.07 Å². The molecule has 0 aliphatic heterocycles. The van der Waals surface area contributed by atoms with Gasteiger partial charge in [-0.1, -0.05) is 35.9 Å². The van der Waals surface area contributed by atoms with E-state index in [0.29, 0.717) is 22.9 Å². The number of benzene rings is 2. The second-order valence-electron chi connectivity index (χ2n) is 3.99. The maximum atomic E-state index is 8.98. The molecule has 2 nitrogen and oxygen atoms in total. The van der Waals surface area contributed by atoms with E-state index < -0.39 is 0 Å². The van der Waals surface area contributed by atoms with Crippen LogP contribution in [0.4, 0.5) is 0 Å². The average Bonchev–Trinajstić information content (AvgIpc) is 2.40. The van der Waals surface area contributed by atoms with Gasteiger partial charge in [-0.25, -0.2) is 0 Å². The van der Waals surface area contributed by atoms with Gasteiger partial charge in [0.15, 0.2) is 0 Å². The zero-order valence-corrected chi connectivity index (χ0v) is 10.7. The molecule has 0 saturated heterocycles. The van der Waals surface area contributed by atoms with E-state index in [0.717, 1.165) is 11.1 Å². The van der Waals surface area contributed by atoms with Crippen LogP contribution < -0.4 is 4.74 Å². The Morgan fingerprint density at radius 3 is 2.78 bits per heavy atom. The minimum Gasteiger partial charge on any atom is -0.487 e. The number of aryl methyl sites for hydroxylation is 1. The summed E-state index contributed by atoms with van der Waals surface area (Å²) < 4.78 is 5.66. The number of hydrogen-bond acceptors (Lipinski definition) is 2. The van der Waals surface area contributed by atoms with E-state index in [-0.39, 0.29) is 0 Å². The van der Waals surface area contributed by atoms with Crippen LogP contribution in [0.1, 0.15) is 16.7 Å². The molecule has 2 rings (SSSR count). The molecule has 0 aliphatic carbocycles. The highest BCUT2D eigenvalue weighted by Gasteiger charge is 2.05. The van der Waals surface area contributed by atoms with Gasteiger partial charge in [0.1, 0.15) is 12.4 Å². The Labute approximate surface area is 111 Å². The minimum atomic E-state index is 0.340. The third-order valence-corrected chi connectivity index (χ3v) is 2.92. The van der Waals surface area contributed by atoms with Crippen molar-refractivity contribution in [3.8, 4) is 11.8 Å². The van der Waals surface area contributed by atoms with E-state index in [4.69, 9.17) is 21.6 Å². The molecule has 0 fully saturated rings. The molecule has 2 aromatic rings. The number of rotatable bonds is 3. The largest absolute Gasteiger partial charge is 0.487 e. The summed E-state index contributed by atoms with van der Waals surface area (Å²) in [5.41, 5.74) is 2.57. The molecule has 0 aliphatic rings. The second-order valence-corrected chi connectivity index (χ2v) is 4.40. The first-order chi connectivity index (χ1) is 8.70. The van der Waals surface area contributed by atoms with Crippen molar-refractivity contribution < 1.29 is 4.74 Å². The fraction of sp³-hybridized carbons (Fsp3) is 0.133. The third kappa shape index (κ3) is 2.82. The Hall–Kier alpha value is -1.98. The lowest BCUT2D eigenvalue weighted by Gasteiger charge is -2.09. The molecule has 0 N–H and O–H groups in total. The Morgan fingerprint density at radius 2 is 2.00 bits per heavy atom. The summed E-state index contributed by atoms with van der Waals surface area (Å²) in [6.07, 6.45) is 0. The normalized spacial score (nSPS) is 9.83. The zero-order chi connectivity index (χ0) is 13.0. The Balaban J connectivity index is 2.17. The predicted octanol–water partition coefficient (Wildman–Crippen LogP) is 4.10. The van der Waals surface area contributed by atoms with Crippen LogP contribution in [0.25, 0.3) is 0 Å². The predicted molar refractivity (Wildman–Crippen MR) is 71.7 cm³/mol. The van der Waals surface area contributed by atoms with Gasteiger partial charge in [-0.05, 0) is 30.7 Å². The van der Waals surface area contributed by atoms with Gasteiger partial charge in [0.05, 0.1) is 16.7 Å². The molecular weight excluding hydrogens is 246 g/mol. The van der Waals surface area contributed by atoms with Gasteiger partial charge in [-0.3, -0.25) is 0 Å². The van der Waals surface area contributed by atoms with Crippen LogP contribution in [-0.2, 0) is 6.61 Å². The number of nitrogens with zero attached hydrogens (tertiary/aromatic N) is 1. The highest BCUT2D eigenvalue weighted by atomic mass is 35.5. The Bertz CT molecular complexity index is 602. The highest BCUT2D eigenvalue weighted by Crippen LogP contribution is 2.26. The molecule has 0 atom stereocenters. The van der Waals surface area contributed by atoms with Gasteiger partial charge in [0.25, 0.3) is 0 Å². The van der Waals surface area contributed by atoms with Crippen molar-refractivity contribution in [2.24, 2.45) is 0 Å². The molecule has 0 radical (unpaired) electrons. The summed E-state index contributed by atoms with van der Waals surface area (Å²) in [6, 6.07) is 15.1. The molecule has 0 saturated carbocycles. The van der Waals surface area contributed by atoms with Gasteiger partial charge in [0.2, 0.25) is 0 Å². The lowest BCUT2D eigenvalue weighted by atomic mass is 10.1. The smallest absolute Gasteiger partial charge is 0.138 e. The van der Waals surface area contributed by atoms with Crippen molar-refractivity contribution in [1.82, 2.24) is 0 Å². The van der Waals surface area contributed by atoms with E-state index in [1.54, 1.807) is 6.07 Å². The average molecular weight is 258 g/mol. The monoisotopic (exact) mass is 257 g/mol. The summed E-state index contributed by atoms with van der Waals surface area (Å²) >= 11 is 6.05. The standard InChI is InChI=1S/C15H12ClNO/c1-11-6-7-14(16)15(8-11)18-10-13-5-3-2-4-12(13)9-17/h2-8H,10H2,1H3. The molecule has 2 aromatic carbocycles. The number of hydrogen-bond donors (Lipinski definition) is 0. The SMILES string of the molecule is Cc1ccc(Cl)c(OCc2ccccc2C#N)c1. The van der Waals surface area contributed by atoms with Crippen molar-refractivity contribution in [3.05, 3.63) is 64.2 Å². The first kappa shape index (κ1) is 12.5. The van der Waals surface area contributed by atoms with Crippen LogP contribution in [0.2, 0.25) is 5.02 Å². The molecule has 0 heterocycles. The van der Waals surface area contributed by atoms with Crippen LogP contribution in [0, 0.1) is 18.3 Å². The van der Waals surface area contributed by atoms with Crippen molar-refractivity contribution in [3.63, 3.8) is 0 Å². The zero-order valence-electron chi connectivity index (χ0n) is 9.98. The second kappa shape index (κ2) is 5.57. The van der Waals surface area contributed by atoms with Gasteiger partial charge in [-0.2, -0.15) is 5.26 Å². The molecule has 0 bridgehead atoms. The summed E-state index contributed by atoms with van der Waals surface area (Å²) in [6.45, 7) is 2.32. The fourth-order valence-electron chi connectivity index (χ4n) is 1.63. The molecule has 90 valence electrons. The van der Waals surface area contributed by atoms with E-state index >= 15 is 0 Å². The first-order valence-electron chi connectivity index (χ1n) is 5.57. The molecular formula is C15H12ClNO. The molecule has 3 heteroatoms. The van der Waals surface area contributed by atoms with Crippen LogP contribution in [-0.4, -0.2) is 0 Å². The number of halogens is 1.